The van der Waals surface area contributed by atoms with E-state index in [0.717, 1.165) is 42.9 Å². The second-order valence-electron chi connectivity index (χ2n) is 5.28. The lowest BCUT2D eigenvalue weighted by atomic mass is 9.86. The number of aromatic nitrogens is 2. The van der Waals surface area contributed by atoms with Crippen molar-refractivity contribution < 1.29 is 9.13 Å². The quantitative estimate of drug-likeness (QED) is 0.786. The molecule has 1 fully saturated rings. The molecule has 3 nitrogen and oxygen atoms in total. The summed E-state index contributed by atoms with van der Waals surface area (Å²) >= 11 is 0. The Hall–Kier alpha value is -1.68. The molecule has 1 aromatic carbocycles. The number of hydrogen-bond donors (Lipinski definition) is 0. The summed E-state index contributed by atoms with van der Waals surface area (Å²) in [5, 5.41) is 0. The highest BCUT2D eigenvalue weighted by molar-refractivity contribution is 5.69. The number of rotatable bonds is 1. The fourth-order valence-corrected chi connectivity index (χ4v) is 3.43. The fraction of sp³-hybridized carbons (Fsp3) is 0.400. The molecular formula is C15H15FN2O. The maximum Gasteiger partial charge on any atom is 0.129 e. The average Bonchev–Trinajstić information content (AvgIpc) is 3.01. The standard InChI is InChI=1S/C15H15FN2O/c16-12-3-1-2-11-13-8-17-9-18(13)15(14(11)12)10-4-6-19-7-5-10/h1-3,8-10,15H,4-7H2. The Morgan fingerprint density at radius 1 is 1.26 bits per heavy atom. The second kappa shape index (κ2) is 4.17. The zero-order valence-electron chi connectivity index (χ0n) is 10.6. The van der Waals surface area contributed by atoms with E-state index < -0.39 is 0 Å². The van der Waals surface area contributed by atoms with Crippen LogP contribution in [0.4, 0.5) is 4.39 Å². The first-order valence-corrected chi connectivity index (χ1v) is 6.74. The van der Waals surface area contributed by atoms with Gasteiger partial charge in [0.2, 0.25) is 0 Å². The molecule has 0 radical (unpaired) electrons. The van der Waals surface area contributed by atoms with Gasteiger partial charge in [0.25, 0.3) is 0 Å². The lowest BCUT2D eigenvalue weighted by Crippen LogP contribution is -2.25. The summed E-state index contributed by atoms with van der Waals surface area (Å²) in [6.07, 6.45) is 5.62. The largest absolute Gasteiger partial charge is 0.381 e. The third-order valence-electron chi connectivity index (χ3n) is 4.30. The molecule has 0 aliphatic carbocycles. The normalized spacial score (nSPS) is 22.3. The van der Waals surface area contributed by atoms with Crippen LogP contribution in [0.5, 0.6) is 0 Å². The molecule has 1 aromatic heterocycles. The highest BCUT2D eigenvalue weighted by Crippen LogP contribution is 2.46. The Kier molecular flexibility index (Phi) is 2.45. The van der Waals surface area contributed by atoms with E-state index >= 15 is 0 Å². The zero-order valence-corrected chi connectivity index (χ0v) is 10.6. The molecule has 1 saturated heterocycles. The molecule has 2 aliphatic rings. The Morgan fingerprint density at radius 2 is 2.11 bits per heavy atom. The Morgan fingerprint density at radius 3 is 2.95 bits per heavy atom. The first-order valence-electron chi connectivity index (χ1n) is 6.74. The summed E-state index contributed by atoms with van der Waals surface area (Å²) in [6, 6.07) is 5.41. The van der Waals surface area contributed by atoms with E-state index in [1.54, 1.807) is 12.1 Å². The van der Waals surface area contributed by atoms with Crippen molar-refractivity contribution in [3.8, 4) is 11.3 Å². The lowest BCUT2D eigenvalue weighted by molar-refractivity contribution is 0.0548. The third kappa shape index (κ3) is 1.56. The van der Waals surface area contributed by atoms with E-state index in [9.17, 15) is 4.39 Å². The molecule has 0 amide bonds. The van der Waals surface area contributed by atoms with E-state index in [0.29, 0.717) is 5.92 Å². The lowest BCUT2D eigenvalue weighted by Gasteiger charge is -2.29. The molecule has 3 heterocycles. The van der Waals surface area contributed by atoms with Gasteiger partial charge in [-0.05, 0) is 24.8 Å². The average molecular weight is 258 g/mol. The second-order valence-corrected chi connectivity index (χ2v) is 5.28. The van der Waals surface area contributed by atoms with Gasteiger partial charge in [-0.1, -0.05) is 12.1 Å². The Balaban J connectivity index is 1.87. The van der Waals surface area contributed by atoms with Gasteiger partial charge in [0.1, 0.15) is 5.82 Å². The maximum absolute atomic E-state index is 14.3. The minimum atomic E-state index is -0.0994. The predicted molar refractivity (Wildman–Crippen MR) is 69.3 cm³/mol. The molecule has 98 valence electrons. The molecular weight excluding hydrogens is 243 g/mol. The number of benzene rings is 1. The van der Waals surface area contributed by atoms with Gasteiger partial charge < -0.3 is 9.30 Å². The Labute approximate surface area is 111 Å². The maximum atomic E-state index is 14.3. The van der Waals surface area contributed by atoms with E-state index in [4.69, 9.17) is 4.74 Å². The summed E-state index contributed by atoms with van der Waals surface area (Å²) < 4.78 is 21.8. The van der Waals surface area contributed by atoms with Gasteiger partial charge in [-0.2, -0.15) is 0 Å². The summed E-state index contributed by atoms with van der Waals surface area (Å²) in [7, 11) is 0. The molecule has 0 spiro atoms. The molecule has 1 atom stereocenters. The zero-order chi connectivity index (χ0) is 12.8. The van der Waals surface area contributed by atoms with Crippen molar-refractivity contribution in [3.63, 3.8) is 0 Å². The van der Waals surface area contributed by atoms with Crippen molar-refractivity contribution in [2.75, 3.05) is 13.2 Å². The van der Waals surface area contributed by atoms with Gasteiger partial charge in [-0.3, -0.25) is 0 Å². The summed E-state index contributed by atoms with van der Waals surface area (Å²) in [5.74, 6) is 0.331. The van der Waals surface area contributed by atoms with Crippen LogP contribution in [0, 0.1) is 11.7 Å². The Bertz CT molecular complexity index is 616. The van der Waals surface area contributed by atoms with Gasteiger partial charge in [0, 0.05) is 24.3 Å². The molecule has 2 aromatic rings. The molecule has 2 aliphatic heterocycles. The summed E-state index contributed by atoms with van der Waals surface area (Å²) in [5.41, 5.74) is 2.87. The predicted octanol–water partition coefficient (Wildman–Crippen LogP) is 3.02. The molecule has 4 heteroatoms. The van der Waals surface area contributed by atoms with Crippen LogP contribution in [-0.2, 0) is 4.74 Å². The van der Waals surface area contributed by atoms with Gasteiger partial charge in [0.15, 0.2) is 0 Å². The van der Waals surface area contributed by atoms with Crippen molar-refractivity contribution in [3.05, 3.63) is 42.1 Å². The summed E-state index contributed by atoms with van der Waals surface area (Å²) in [6.45, 7) is 1.55. The van der Waals surface area contributed by atoms with Gasteiger partial charge >= 0.3 is 0 Å². The first-order chi connectivity index (χ1) is 9.36. The van der Waals surface area contributed by atoms with Crippen molar-refractivity contribution in [1.29, 1.82) is 0 Å². The molecule has 0 bridgehead atoms. The number of halogens is 1. The SMILES string of the molecule is Fc1cccc2c1C(C1CCOCC1)n1cncc1-2. The van der Waals surface area contributed by atoms with Crippen LogP contribution in [0.25, 0.3) is 11.3 Å². The van der Waals surface area contributed by atoms with E-state index in [1.165, 1.54) is 0 Å². The fourth-order valence-electron chi connectivity index (χ4n) is 3.43. The molecule has 0 saturated carbocycles. The van der Waals surface area contributed by atoms with Crippen LogP contribution in [-0.4, -0.2) is 22.8 Å². The van der Waals surface area contributed by atoms with Crippen LogP contribution in [0.1, 0.15) is 24.4 Å². The number of fused-ring (bicyclic) bond motifs is 3. The van der Waals surface area contributed by atoms with Gasteiger partial charge in [-0.15, -0.1) is 0 Å². The van der Waals surface area contributed by atoms with Gasteiger partial charge in [-0.25, -0.2) is 9.37 Å². The smallest absolute Gasteiger partial charge is 0.129 e. The van der Waals surface area contributed by atoms with Crippen LogP contribution >= 0.6 is 0 Å². The van der Waals surface area contributed by atoms with Crippen molar-refractivity contribution in [2.45, 2.75) is 18.9 Å². The van der Waals surface area contributed by atoms with E-state index in [-0.39, 0.29) is 11.9 Å². The monoisotopic (exact) mass is 258 g/mol. The van der Waals surface area contributed by atoms with E-state index in [2.05, 4.69) is 9.55 Å². The van der Waals surface area contributed by atoms with Crippen LogP contribution in [0.2, 0.25) is 0 Å². The van der Waals surface area contributed by atoms with Crippen molar-refractivity contribution >= 4 is 0 Å². The molecule has 4 rings (SSSR count). The molecule has 0 N–H and O–H groups in total. The van der Waals surface area contributed by atoms with Crippen LogP contribution < -0.4 is 0 Å². The molecule has 1 unspecified atom stereocenters. The number of ether oxygens (including phenoxy) is 1. The highest BCUT2D eigenvalue weighted by atomic mass is 19.1. The van der Waals surface area contributed by atoms with E-state index in [1.807, 2.05) is 18.6 Å². The topological polar surface area (TPSA) is 27.1 Å². The minimum absolute atomic E-state index is 0.0811. The highest BCUT2D eigenvalue weighted by Gasteiger charge is 2.36. The first kappa shape index (κ1) is 11.2. The molecule has 19 heavy (non-hydrogen) atoms. The summed E-state index contributed by atoms with van der Waals surface area (Å²) in [4.78, 5) is 4.23. The van der Waals surface area contributed by atoms with Gasteiger partial charge in [0.05, 0.1) is 24.3 Å². The third-order valence-corrected chi connectivity index (χ3v) is 4.30. The minimum Gasteiger partial charge on any atom is -0.381 e. The van der Waals surface area contributed by atoms with Crippen LogP contribution in [0.3, 0.4) is 0 Å². The van der Waals surface area contributed by atoms with Crippen LogP contribution in [0.15, 0.2) is 30.7 Å². The number of nitrogens with zero attached hydrogens (tertiary/aromatic N) is 2. The van der Waals surface area contributed by atoms with Crippen molar-refractivity contribution in [1.82, 2.24) is 9.55 Å². The number of hydrogen-bond acceptors (Lipinski definition) is 2. The number of imidazole rings is 1. The van der Waals surface area contributed by atoms with Crippen molar-refractivity contribution in [2.24, 2.45) is 5.92 Å².